The molecular weight excluding hydrogens is 278 g/mol. The molecule has 7 heteroatoms. The number of rotatable bonds is 5. The van der Waals surface area contributed by atoms with Crippen molar-refractivity contribution in [3.05, 3.63) is 23.4 Å². The van der Waals surface area contributed by atoms with E-state index in [0.29, 0.717) is 30.2 Å². The van der Waals surface area contributed by atoms with Crippen LogP contribution in [-0.2, 0) is 4.74 Å². The number of fused-ring (bicyclic) bond motifs is 1. The number of hydrogen-bond acceptors (Lipinski definition) is 5. The molecule has 108 valence electrons. The third-order valence-electron chi connectivity index (χ3n) is 3.32. The van der Waals surface area contributed by atoms with E-state index in [4.69, 9.17) is 16.3 Å². The van der Waals surface area contributed by atoms with Crippen molar-refractivity contribution in [2.45, 2.75) is 18.9 Å². The average molecular weight is 296 g/mol. The lowest BCUT2D eigenvalue weighted by molar-refractivity contribution is 0.0394. The van der Waals surface area contributed by atoms with Gasteiger partial charge >= 0.3 is 0 Å². The largest absolute Gasteiger partial charge is 0.376 e. The predicted molar refractivity (Wildman–Crippen MR) is 78.3 cm³/mol. The molecule has 0 radical (unpaired) electrons. The van der Waals surface area contributed by atoms with E-state index >= 15 is 0 Å². The van der Waals surface area contributed by atoms with Gasteiger partial charge in [-0.25, -0.2) is 4.52 Å². The van der Waals surface area contributed by atoms with Gasteiger partial charge in [-0.05, 0) is 38.1 Å². The Kier molecular flexibility index (Phi) is 4.34. The van der Waals surface area contributed by atoms with Gasteiger partial charge in [-0.1, -0.05) is 11.6 Å². The van der Waals surface area contributed by atoms with Crippen molar-refractivity contribution >= 4 is 23.2 Å². The first-order valence-electron chi connectivity index (χ1n) is 6.89. The van der Waals surface area contributed by atoms with E-state index in [1.807, 2.05) is 6.07 Å². The summed E-state index contributed by atoms with van der Waals surface area (Å²) in [6, 6.07) is 3.64. The molecule has 1 aliphatic rings. The van der Waals surface area contributed by atoms with Gasteiger partial charge in [0.05, 0.1) is 17.7 Å². The quantitative estimate of drug-likeness (QED) is 0.820. The molecule has 1 fully saturated rings. The van der Waals surface area contributed by atoms with Crippen molar-refractivity contribution < 1.29 is 4.74 Å². The van der Waals surface area contributed by atoms with Crippen LogP contribution in [0.15, 0.2) is 18.3 Å². The van der Waals surface area contributed by atoms with Crippen LogP contribution in [0.3, 0.4) is 0 Å². The molecule has 6 nitrogen and oxygen atoms in total. The minimum atomic E-state index is 0.380. The lowest BCUT2D eigenvalue weighted by atomic mass is 10.1. The smallest absolute Gasteiger partial charge is 0.243 e. The van der Waals surface area contributed by atoms with Crippen LogP contribution in [0.1, 0.15) is 12.8 Å². The highest BCUT2D eigenvalue weighted by atomic mass is 35.5. The second-order valence-electron chi connectivity index (χ2n) is 4.83. The zero-order valence-electron chi connectivity index (χ0n) is 11.2. The molecule has 0 saturated carbocycles. The fourth-order valence-corrected chi connectivity index (χ4v) is 2.44. The van der Waals surface area contributed by atoms with Gasteiger partial charge in [0.1, 0.15) is 0 Å². The Labute approximate surface area is 122 Å². The maximum Gasteiger partial charge on any atom is 0.243 e. The molecule has 3 heterocycles. The van der Waals surface area contributed by atoms with E-state index in [0.717, 1.165) is 31.6 Å². The molecule has 0 atom stereocenters. The highest BCUT2D eigenvalue weighted by molar-refractivity contribution is 6.30. The molecule has 1 saturated heterocycles. The Morgan fingerprint density at radius 3 is 3.10 bits per heavy atom. The van der Waals surface area contributed by atoms with Crippen molar-refractivity contribution in [2.75, 3.05) is 31.6 Å². The van der Waals surface area contributed by atoms with Gasteiger partial charge in [-0.15, -0.1) is 5.10 Å². The minimum Gasteiger partial charge on any atom is -0.376 e. The highest BCUT2D eigenvalue weighted by Gasteiger charge is 2.12. The molecular formula is C13H18ClN5O. The van der Waals surface area contributed by atoms with Crippen molar-refractivity contribution in [3.63, 3.8) is 0 Å². The first kappa shape index (κ1) is 13.6. The lowest BCUT2D eigenvalue weighted by Crippen LogP contribution is -2.33. The number of nitrogens with zero attached hydrogens (tertiary/aromatic N) is 3. The Morgan fingerprint density at radius 2 is 2.25 bits per heavy atom. The summed E-state index contributed by atoms with van der Waals surface area (Å²) >= 11 is 5.91. The number of halogens is 1. The molecule has 2 aromatic heterocycles. The van der Waals surface area contributed by atoms with Gasteiger partial charge < -0.3 is 15.4 Å². The van der Waals surface area contributed by atoms with Crippen LogP contribution in [0, 0.1) is 0 Å². The van der Waals surface area contributed by atoms with Crippen LogP contribution in [-0.4, -0.2) is 46.9 Å². The molecule has 0 aromatic carbocycles. The molecule has 0 spiro atoms. The van der Waals surface area contributed by atoms with E-state index < -0.39 is 0 Å². The minimum absolute atomic E-state index is 0.380. The summed E-state index contributed by atoms with van der Waals surface area (Å²) in [7, 11) is 0. The van der Waals surface area contributed by atoms with E-state index in [9.17, 15) is 0 Å². The van der Waals surface area contributed by atoms with Gasteiger partial charge in [0.15, 0.2) is 5.65 Å². The number of piperidine rings is 1. The fraction of sp³-hybridized carbons (Fsp3) is 0.538. The number of ether oxygens (including phenoxy) is 1. The molecule has 0 amide bonds. The third kappa shape index (κ3) is 3.39. The fourth-order valence-electron chi connectivity index (χ4n) is 2.28. The topological polar surface area (TPSA) is 63.5 Å². The zero-order chi connectivity index (χ0) is 13.8. The summed E-state index contributed by atoms with van der Waals surface area (Å²) in [5, 5.41) is 11.4. The van der Waals surface area contributed by atoms with E-state index in [-0.39, 0.29) is 0 Å². The van der Waals surface area contributed by atoms with Crippen molar-refractivity contribution in [1.29, 1.82) is 0 Å². The maximum atomic E-state index is 5.91. The van der Waals surface area contributed by atoms with Gasteiger partial charge in [0, 0.05) is 12.7 Å². The van der Waals surface area contributed by atoms with E-state index in [2.05, 4.69) is 20.7 Å². The maximum absolute atomic E-state index is 5.91. The van der Waals surface area contributed by atoms with E-state index in [1.165, 1.54) is 0 Å². The van der Waals surface area contributed by atoms with Crippen LogP contribution in [0.2, 0.25) is 5.02 Å². The van der Waals surface area contributed by atoms with Crippen LogP contribution in [0.4, 0.5) is 5.95 Å². The second kappa shape index (κ2) is 6.39. The van der Waals surface area contributed by atoms with Crippen LogP contribution in [0.5, 0.6) is 0 Å². The number of anilines is 1. The zero-order valence-corrected chi connectivity index (χ0v) is 11.9. The normalized spacial score (nSPS) is 16.6. The summed E-state index contributed by atoms with van der Waals surface area (Å²) in [6.07, 6.45) is 4.29. The molecule has 2 N–H and O–H groups in total. The Morgan fingerprint density at radius 1 is 1.40 bits per heavy atom. The second-order valence-corrected chi connectivity index (χ2v) is 5.27. The van der Waals surface area contributed by atoms with Gasteiger partial charge in [0.2, 0.25) is 5.95 Å². The van der Waals surface area contributed by atoms with Crippen molar-refractivity contribution in [1.82, 2.24) is 19.9 Å². The Bertz CT molecular complexity index is 567. The SMILES string of the molecule is Clc1ccc2nc(NCCOC3CCNCC3)nn2c1. The molecule has 2 aromatic rings. The number of hydrogen-bond donors (Lipinski definition) is 2. The molecule has 0 bridgehead atoms. The van der Waals surface area contributed by atoms with Gasteiger partial charge in [0.25, 0.3) is 0 Å². The third-order valence-corrected chi connectivity index (χ3v) is 3.54. The molecule has 20 heavy (non-hydrogen) atoms. The molecule has 0 aliphatic carbocycles. The van der Waals surface area contributed by atoms with Crippen molar-refractivity contribution in [3.8, 4) is 0 Å². The summed E-state index contributed by atoms with van der Waals surface area (Å²) in [6.45, 7) is 3.47. The van der Waals surface area contributed by atoms with E-state index in [1.54, 1.807) is 16.8 Å². The number of nitrogens with one attached hydrogen (secondary N) is 2. The highest BCUT2D eigenvalue weighted by Crippen LogP contribution is 2.11. The van der Waals surface area contributed by atoms with Crippen molar-refractivity contribution in [2.24, 2.45) is 0 Å². The summed E-state index contributed by atoms with van der Waals surface area (Å²) in [5.74, 6) is 0.598. The van der Waals surface area contributed by atoms with Gasteiger partial charge in [-0.2, -0.15) is 4.98 Å². The predicted octanol–water partition coefficient (Wildman–Crippen LogP) is 1.56. The summed E-state index contributed by atoms with van der Waals surface area (Å²) in [5.41, 5.74) is 0.774. The van der Waals surface area contributed by atoms with Crippen LogP contribution in [0.25, 0.3) is 5.65 Å². The monoisotopic (exact) mass is 295 g/mol. The standard InChI is InChI=1S/C13H18ClN5O/c14-10-1-2-12-17-13(18-19(12)9-10)16-7-8-20-11-3-5-15-6-4-11/h1-2,9,11,15H,3-8H2,(H,16,18). The Balaban J connectivity index is 1.47. The first-order valence-corrected chi connectivity index (χ1v) is 7.27. The first-order chi connectivity index (χ1) is 9.81. The number of aromatic nitrogens is 3. The summed E-state index contributed by atoms with van der Waals surface area (Å²) in [4.78, 5) is 4.35. The molecule has 0 unspecified atom stereocenters. The van der Waals surface area contributed by atoms with Crippen LogP contribution >= 0.6 is 11.6 Å². The Hall–Kier alpha value is -1.37. The average Bonchev–Trinajstić information content (AvgIpc) is 2.86. The van der Waals surface area contributed by atoms with Crippen LogP contribution < -0.4 is 10.6 Å². The molecule has 1 aliphatic heterocycles. The number of pyridine rings is 1. The summed E-state index contributed by atoms with van der Waals surface area (Å²) < 4.78 is 7.48. The van der Waals surface area contributed by atoms with Gasteiger partial charge in [-0.3, -0.25) is 0 Å². The molecule has 3 rings (SSSR count). The lowest BCUT2D eigenvalue weighted by Gasteiger charge is -2.22.